The van der Waals surface area contributed by atoms with Crippen LogP contribution in [0, 0.1) is 5.82 Å². The van der Waals surface area contributed by atoms with E-state index in [4.69, 9.17) is 5.11 Å². The highest BCUT2D eigenvalue weighted by molar-refractivity contribution is 5.83. The number of carbonyl (C=O) groups is 2. The van der Waals surface area contributed by atoms with E-state index in [0.717, 1.165) is 5.56 Å². The summed E-state index contributed by atoms with van der Waals surface area (Å²) < 4.78 is 14.4. The van der Waals surface area contributed by atoms with Gasteiger partial charge < -0.3 is 10.4 Å². The lowest BCUT2D eigenvalue weighted by Gasteiger charge is -2.14. The molecule has 0 heterocycles. The van der Waals surface area contributed by atoms with E-state index in [-0.39, 0.29) is 18.1 Å². The molecule has 2 N–H and O–H groups in total. The highest BCUT2D eigenvalue weighted by Crippen LogP contribution is 2.26. The zero-order valence-corrected chi connectivity index (χ0v) is 13.5. The second-order valence-electron chi connectivity index (χ2n) is 5.62. The van der Waals surface area contributed by atoms with Crippen LogP contribution in [0.25, 0.3) is 11.1 Å². The SMILES string of the molecule is C[C@H](C(=O)NCCCC(=O)O)c1ccc(-c2ccccc2)c(F)c1. The third-order valence-corrected chi connectivity index (χ3v) is 3.84. The van der Waals surface area contributed by atoms with Gasteiger partial charge in [0.1, 0.15) is 5.82 Å². The molecule has 5 heteroatoms. The number of carbonyl (C=O) groups excluding carboxylic acids is 1. The van der Waals surface area contributed by atoms with Crippen LogP contribution < -0.4 is 5.32 Å². The van der Waals surface area contributed by atoms with Gasteiger partial charge in [0.25, 0.3) is 0 Å². The average molecular weight is 329 g/mol. The summed E-state index contributed by atoms with van der Waals surface area (Å²) >= 11 is 0. The summed E-state index contributed by atoms with van der Waals surface area (Å²) in [5.74, 6) is -2.01. The Morgan fingerprint density at radius 1 is 1.17 bits per heavy atom. The molecule has 0 aliphatic heterocycles. The predicted octanol–water partition coefficient (Wildman–Crippen LogP) is 3.58. The van der Waals surface area contributed by atoms with Crippen molar-refractivity contribution in [3.8, 4) is 11.1 Å². The molecule has 126 valence electrons. The molecule has 0 spiro atoms. The van der Waals surface area contributed by atoms with Crippen molar-refractivity contribution in [2.24, 2.45) is 0 Å². The normalized spacial score (nSPS) is 11.8. The molecule has 0 unspecified atom stereocenters. The molecule has 0 radical (unpaired) electrons. The third-order valence-electron chi connectivity index (χ3n) is 3.84. The van der Waals surface area contributed by atoms with Gasteiger partial charge in [-0.2, -0.15) is 0 Å². The summed E-state index contributed by atoms with van der Waals surface area (Å²) in [6.07, 6.45) is 0.379. The molecule has 0 saturated heterocycles. The van der Waals surface area contributed by atoms with Gasteiger partial charge in [-0.15, -0.1) is 0 Å². The Balaban J connectivity index is 2.02. The van der Waals surface area contributed by atoms with E-state index >= 15 is 0 Å². The molecule has 4 nitrogen and oxygen atoms in total. The standard InChI is InChI=1S/C19H20FNO3/c1-13(19(24)21-11-5-8-18(22)23)15-9-10-16(17(20)12-15)14-6-3-2-4-7-14/h2-4,6-7,9-10,12-13H,5,8,11H2,1H3,(H,21,24)(H,22,23)/t13-/m0/s1. The van der Waals surface area contributed by atoms with Crippen molar-refractivity contribution in [3.05, 3.63) is 59.9 Å². The fraction of sp³-hybridized carbons (Fsp3) is 0.263. The Kier molecular flexibility index (Phi) is 6.07. The first-order valence-corrected chi connectivity index (χ1v) is 7.83. The van der Waals surface area contributed by atoms with Crippen molar-refractivity contribution >= 4 is 11.9 Å². The van der Waals surface area contributed by atoms with E-state index in [1.54, 1.807) is 19.1 Å². The first-order valence-electron chi connectivity index (χ1n) is 7.83. The lowest BCUT2D eigenvalue weighted by atomic mass is 9.96. The quantitative estimate of drug-likeness (QED) is 0.763. The molecule has 2 rings (SSSR count). The molecule has 0 bridgehead atoms. The van der Waals surface area contributed by atoms with Gasteiger partial charge >= 0.3 is 5.97 Å². The molecule has 0 fully saturated rings. The number of nitrogens with one attached hydrogen (secondary N) is 1. The number of carboxylic acid groups (broad SMARTS) is 1. The van der Waals surface area contributed by atoms with Crippen LogP contribution in [0.4, 0.5) is 4.39 Å². The Labute approximate surface area is 140 Å². The van der Waals surface area contributed by atoms with Gasteiger partial charge in [-0.3, -0.25) is 9.59 Å². The van der Waals surface area contributed by atoms with Crippen LogP contribution in [0.15, 0.2) is 48.5 Å². The van der Waals surface area contributed by atoms with Crippen molar-refractivity contribution in [3.63, 3.8) is 0 Å². The molecule has 1 amide bonds. The molecule has 0 aromatic heterocycles. The molecule has 0 saturated carbocycles. The number of rotatable bonds is 7. The summed E-state index contributed by atoms with van der Waals surface area (Å²) in [7, 11) is 0. The first-order chi connectivity index (χ1) is 11.5. The zero-order chi connectivity index (χ0) is 17.5. The molecule has 2 aromatic rings. The van der Waals surface area contributed by atoms with Gasteiger partial charge in [-0.25, -0.2) is 4.39 Å². The van der Waals surface area contributed by atoms with Gasteiger partial charge in [-0.05, 0) is 30.5 Å². The lowest BCUT2D eigenvalue weighted by molar-refractivity contribution is -0.137. The van der Waals surface area contributed by atoms with Crippen LogP contribution in [-0.4, -0.2) is 23.5 Å². The van der Waals surface area contributed by atoms with E-state index in [1.165, 1.54) is 6.07 Å². The summed E-state index contributed by atoms with van der Waals surface area (Å²) in [4.78, 5) is 22.5. The van der Waals surface area contributed by atoms with Gasteiger partial charge in [-0.1, -0.05) is 42.5 Å². The van der Waals surface area contributed by atoms with Crippen LogP contribution in [-0.2, 0) is 9.59 Å². The second-order valence-corrected chi connectivity index (χ2v) is 5.62. The first kappa shape index (κ1) is 17.7. The van der Waals surface area contributed by atoms with E-state index in [1.807, 2.05) is 30.3 Å². The number of hydrogen-bond acceptors (Lipinski definition) is 2. The highest BCUT2D eigenvalue weighted by Gasteiger charge is 2.17. The fourth-order valence-corrected chi connectivity index (χ4v) is 2.41. The number of benzene rings is 2. The minimum Gasteiger partial charge on any atom is -0.481 e. The zero-order valence-electron chi connectivity index (χ0n) is 13.5. The van der Waals surface area contributed by atoms with E-state index in [9.17, 15) is 14.0 Å². The van der Waals surface area contributed by atoms with Crippen molar-refractivity contribution in [2.75, 3.05) is 6.54 Å². The molecular weight excluding hydrogens is 309 g/mol. The molecule has 2 aromatic carbocycles. The number of carboxylic acids is 1. The number of halogens is 1. The minimum absolute atomic E-state index is 0.00899. The second kappa shape index (κ2) is 8.24. The minimum atomic E-state index is -0.893. The largest absolute Gasteiger partial charge is 0.481 e. The number of hydrogen-bond donors (Lipinski definition) is 2. The maximum Gasteiger partial charge on any atom is 0.303 e. The topological polar surface area (TPSA) is 66.4 Å². The maximum atomic E-state index is 14.4. The third kappa shape index (κ3) is 4.65. The molecule has 1 atom stereocenters. The van der Waals surface area contributed by atoms with Crippen LogP contribution in [0.3, 0.4) is 0 Å². The van der Waals surface area contributed by atoms with Crippen molar-refractivity contribution in [1.29, 1.82) is 0 Å². The Morgan fingerprint density at radius 2 is 1.88 bits per heavy atom. The van der Waals surface area contributed by atoms with E-state index in [0.29, 0.717) is 24.1 Å². The average Bonchev–Trinajstić information content (AvgIpc) is 2.58. The van der Waals surface area contributed by atoms with Crippen LogP contribution in [0.2, 0.25) is 0 Å². The fourth-order valence-electron chi connectivity index (χ4n) is 2.41. The summed E-state index contributed by atoms with van der Waals surface area (Å²) in [5, 5.41) is 11.2. The predicted molar refractivity (Wildman–Crippen MR) is 90.1 cm³/mol. The van der Waals surface area contributed by atoms with Gasteiger partial charge in [0.2, 0.25) is 5.91 Å². The molecule has 24 heavy (non-hydrogen) atoms. The van der Waals surface area contributed by atoms with Crippen LogP contribution in [0.1, 0.15) is 31.2 Å². The van der Waals surface area contributed by atoms with Gasteiger partial charge in [0.05, 0.1) is 5.92 Å². The van der Waals surface area contributed by atoms with Crippen molar-refractivity contribution in [2.45, 2.75) is 25.7 Å². The smallest absolute Gasteiger partial charge is 0.303 e. The Bertz CT molecular complexity index is 716. The van der Waals surface area contributed by atoms with E-state index < -0.39 is 11.9 Å². The van der Waals surface area contributed by atoms with Crippen LogP contribution in [0.5, 0.6) is 0 Å². The molecule has 0 aliphatic rings. The maximum absolute atomic E-state index is 14.4. The van der Waals surface area contributed by atoms with E-state index in [2.05, 4.69) is 5.32 Å². The van der Waals surface area contributed by atoms with Crippen molar-refractivity contribution < 1.29 is 19.1 Å². The highest BCUT2D eigenvalue weighted by atomic mass is 19.1. The number of aliphatic carboxylic acids is 1. The summed E-state index contributed by atoms with van der Waals surface area (Å²) in [5.41, 5.74) is 1.86. The number of amides is 1. The van der Waals surface area contributed by atoms with Crippen LogP contribution >= 0.6 is 0 Å². The lowest BCUT2D eigenvalue weighted by Crippen LogP contribution is -2.29. The Morgan fingerprint density at radius 3 is 2.50 bits per heavy atom. The Hall–Kier alpha value is -2.69. The molecule has 0 aliphatic carbocycles. The monoisotopic (exact) mass is 329 g/mol. The van der Waals surface area contributed by atoms with Gasteiger partial charge in [0, 0.05) is 18.5 Å². The summed E-state index contributed by atoms with van der Waals surface area (Å²) in [6, 6.07) is 14.0. The van der Waals surface area contributed by atoms with Gasteiger partial charge in [0.15, 0.2) is 0 Å². The molecular formula is C19H20FNO3. The van der Waals surface area contributed by atoms with Crippen molar-refractivity contribution in [1.82, 2.24) is 5.32 Å². The summed E-state index contributed by atoms with van der Waals surface area (Å²) in [6.45, 7) is 1.99.